The van der Waals surface area contributed by atoms with Gasteiger partial charge in [0.15, 0.2) is 0 Å². The Morgan fingerprint density at radius 3 is 2.55 bits per heavy atom. The van der Waals surface area contributed by atoms with Crippen molar-refractivity contribution in [3.63, 3.8) is 0 Å². The van der Waals surface area contributed by atoms with E-state index in [-0.39, 0.29) is 12.2 Å². The lowest BCUT2D eigenvalue weighted by molar-refractivity contribution is -0.0196. The van der Waals surface area contributed by atoms with Gasteiger partial charge in [0.1, 0.15) is 35.4 Å². The van der Waals surface area contributed by atoms with E-state index >= 15 is 0 Å². The largest absolute Gasteiger partial charge is 0.483 e. The van der Waals surface area contributed by atoms with Crippen molar-refractivity contribution < 1.29 is 19.0 Å². The second kappa shape index (κ2) is 11.0. The number of aromatic nitrogens is 2. The van der Waals surface area contributed by atoms with Crippen LogP contribution in [0.25, 0.3) is 0 Å². The molecular weight excluding hydrogens is 508 g/mol. The first kappa shape index (κ1) is 27.1. The molecular formula is C30H42N6O4. The van der Waals surface area contributed by atoms with Crippen molar-refractivity contribution in [3.05, 3.63) is 35.7 Å². The van der Waals surface area contributed by atoms with Crippen molar-refractivity contribution in [2.24, 2.45) is 0 Å². The van der Waals surface area contributed by atoms with Crippen LogP contribution in [-0.4, -0.2) is 90.0 Å². The summed E-state index contributed by atoms with van der Waals surface area (Å²) in [6, 6.07) is 7.02. The summed E-state index contributed by atoms with van der Waals surface area (Å²) in [4.78, 5) is 28.3. The Kier molecular flexibility index (Phi) is 7.48. The number of nitrogens with zero attached hydrogens (tertiary/aromatic N) is 5. The average molecular weight is 551 g/mol. The smallest absolute Gasteiger partial charge is 0.410 e. The first-order valence-corrected chi connectivity index (χ1v) is 14.8. The lowest BCUT2D eigenvalue weighted by atomic mass is 9.88. The van der Waals surface area contributed by atoms with Gasteiger partial charge in [0.05, 0.1) is 24.5 Å². The van der Waals surface area contributed by atoms with Gasteiger partial charge in [-0.2, -0.15) is 0 Å². The van der Waals surface area contributed by atoms with Gasteiger partial charge in [-0.15, -0.1) is 0 Å². The zero-order valence-electron chi connectivity index (χ0n) is 24.2. The third kappa shape index (κ3) is 5.56. The lowest BCUT2D eigenvalue weighted by Crippen LogP contribution is -2.62. The molecule has 40 heavy (non-hydrogen) atoms. The zero-order valence-corrected chi connectivity index (χ0v) is 24.2. The van der Waals surface area contributed by atoms with E-state index in [4.69, 9.17) is 14.2 Å². The van der Waals surface area contributed by atoms with Crippen LogP contribution in [-0.2, 0) is 9.47 Å². The predicted molar refractivity (Wildman–Crippen MR) is 154 cm³/mol. The predicted octanol–water partition coefficient (Wildman–Crippen LogP) is 4.70. The number of ether oxygens (including phenoxy) is 3. The number of piperidine rings is 1. The summed E-state index contributed by atoms with van der Waals surface area (Å²) in [6.45, 7) is 14.5. The third-order valence-corrected chi connectivity index (χ3v) is 8.42. The fourth-order valence-corrected chi connectivity index (χ4v) is 6.20. The van der Waals surface area contributed by atoms with Gasteiger partial charge in [-0.05, 0) is 76.7 Å². The number of anilines is 3. The van der Waals surface area contributed by atoms with Gasteiger partial charge in [0.2, 0.25) is 0 Å². The quantitative estimate of drug-likeness (QED) is 0.582. The maximum absolute atomic E-state index is 12.3. The van der Waals surface area contributed by atoms with Gasteiger partial charge < -0.3 is 29.3 Å². The van der Waals surface area contributed by atoms with Crippen LogP contribution in [0.5, 0.6) is 5.75 Å². The molecule has 2 aromatic rings. The number of hydrogen-bond acceptors (Lipinski definition) is 9. The van der Waals surface area contributed by atoms with E-state index in [2.05, 4.69) is 50.2 Å². The van der Waals surface area contributed by atoms with Gasteiger partial charge in [0, 0.05) is 32.2 Å². The molecule has 0 spiro atoms. The van der Waals surface area contributed by atoms with Crippen molar-refractivity contribution in [2.45, 2.75) is 70.6 Å². The molecule has 4 aliphatic rings. The highest BCUT2D eigenvalue weighted by Crippen LogP contribution is 2.44. The summed E-state index contributed by atoms with van der Waals surface area (Å²) in [5, 5.41) is 3.61. The number of hydrogen-bond donors (Lipinski definition) is 1. The topological polar surface area (TPSA) is 92.3 Å². The zero-order chi connectivity index (χ0) is 27.9. The molecule has 0 radical (unpaired) electrons. The van der Waals surface area contributed by atoms with E-state index in [1.807, 2.05) is 25.7 Å². The highest BCUT2D eigenvalue weighted by Gasteiger charge is 2.38. The Morgan fingerprint density at radius 1 is 1.10 bits per heavy atom. The molecule has 216 valence electrons. The second-order valence-corrected chi connectivity index (χ2v) is 12.3. The molecule has 0 aliphatic carbocycles. The number of rotatable bonds is 4. The van der Waals surface area contributed by atoms with E-state index in [1.54, 1.807) is 6.33 Å². The lowest BCUT2D eigenvalue weighted by Gasteiger charge is -2.47. The number of carbonyl (C=O) groups excluding carboxylic acids is 1. The van der Waals surface area contributed by atoms with Crippen LogP contribution < -0.4 is 15.0 Å². The van der Waals surface area contributed by atoms with Crippen molar-refractivity contribution in [2.75, 3.05) is 62.7 Å². The molecule has 5 heterocycles. The number of amides is 1. The van der Waals surface area contributed by atoms with Crippen molar-refractivity contribution >= 4 is 23.4 Å². The first-order chi connectivity index (χ1) is 19.3. The fourth-order valence-electron chi connectivity index (χ4n) is 6.20. The molecule has 10 heteroatoms. The van der Waals surface area contributed by atoms with Crippen LogP contribution >= 0.6 is 0 Å². The summed E-state index contributed by atoms with van der Waals surface area (Å²) in [6.07, 6.45) is 4.34. The molecule has 3 saturated heterocycles. The molecule has 0 saturated carbocycles. The number of benzene rings is 1. The minimum absolute atomic E-state index is 0.125. The first-order valence-electron chi connectivity index (χ1n) is 14.8. The molecule has 10 nitrogen and oxygen atoms in total. The third-order valence-electron chi connectivity index (χ3n) is 8.42. The molecule has 1 atom stereocenters. The van der Waals surface area contributed by atoms with Gasteiger partial charge in [0.25, 0.3) is 0 Å². The molecule has 6 rings (SSSR count). The molecule has 1 amide bonds. The molecule has 1 aromatic heterocycles. The van der Waals surface area contributed by atoms with Gasteiger partial charge in [-0.25, -0.2) is 14.8 Å². The Labute approximate surface area is 237 Å². The molecule has 0 bridgehead atoms. The Morgan fingerprint density at radius 2 is 1.85 bits per heavy atom. The average Bonchev–Trinajstić information content (AvgIpc) is 3.08. The van der Waals surface area contributed by atoms with E-state index < -0.39 is 5.60 Å². The minimum Gasteiger partial charge on any atom is -0.483 e. The number of likely N-dealkylation sites (tertiary alicyclic amines) is 2. The van der Waals surface area contributed by atoms with Crippen LogP contribution in [0, 0.1) is 0 Å². The molecule has 0 unspecified atom stereocenters. The maximum atomic E-state index is 12.3. The van der Waals surface area contributed by atoms with Crippen LogP contribution in [0.15, 0.2) is 24.5 Å². The normalized spacial score (nSPS) is 22.4. The van der Waals surface area contributed by atoms with E-state index in [0.29, 0.717) is 25.2 Å². The molecule has 1 aromatic carbocycles. The van der Waals surface area contributed by atoms with Gasteiger partial charge in [-0.1, -0.05) is 13.0 Å². The molecule has 3 fully saturated rings. The summed E-state index contributed by atoms with van der Waals surface area (Å²) >= 11 is 0. The second-order valence-electron chi connectivity index (χ2n) is 12.3. The Hall–Kier alpha value is -3.11. The summed E-state index contributed by atoms with van der Waals surface area (Å²) in [7, 11) is 0. The van der Waals surface area contributed by atoms with Crippen molar-refractivity contribution in [1.82, 2.24) is 19.8 Å². The summed E-state index contributed by atoms with van der Waals surface area (Å²) < 4.78 is 17.7. The fraction of sp³-hybridized carbons (Fsp3) is 0.633. The summed E-state index contributed by atoms with van der Waals surface area (Å²) in [5.41, 5.74) is 2.87. The highest BCUT2D eigenvalue weighted by atomic mass is 16.6. The highest BCUT2D eigenvalue weighted by molar-refractivity contribution is 5.73. The van der Waals surface area contributed by atoms with Crippen LogP contribution in [0.4, 0.5) is 22.1 Å². The standard InChI is InChI=1S/C30H42N6O4/c1-5-24-26-27(31-19-32-28(26)35-12-14-38-15-13-35)33-23-16-21(6-7-25(23)39-24)20-8-10-34(11-9-20)22-17-36(18-22)29(37)40-30(2,3)4/h6-7,16,19-20,22,24H,5,8-15,17-18H2,1-4H3,(H,31,32,33)/t24-/m1/s1. The SMILES string of the molecule is CC[C@H]1Oc2ccc(C3CCN(C4CN(C(=O)OC(C)(C)C)C4)CC3)cc2Nc2ncnc(N3CCOCC3)c21. The van der Waals surface area contributed by atoms with Crippen molar-refractivity contribution in [1.29, 1.82) is 0 Å². The summed E-state index contributed by atoms with van der Waals surface area (Å²) in [5.74, 6) is 3.11. The van der Waals surface area contributed by atoms with Crippen molar-refractivity contribution in [3.8, 4) is 5.75 Å². The Bertz CT molecular complexity index is 1210. The van der Waals surface area contributed by atoms with E-state index in [1.165, 1.54) is 5.56 Å². The minimum atomic E-state index is -0.453. The molecule has 4 aliphatic heterocycles. The number of nitrogens with one attached hydrogen (secondary N) is 1. The Balaban J connectivity index is 1.12. The van der Waals surface area contributed by atoms with Crippen LogP contribution in [0.1, 0.15) is 70.1 Å². The number of carbonyl (C=O) groups is 1. The van der Waals surface area contributed by atoms with Crippen LogP contribution in [0.3, 0.4) is 0 Å². The van der Waals surface area contributed by atoms with Crippen LogP contribution in [0.2, 0.25) is 0 Å². The van der Waals surface area contributed by atoms with E-state index in [9.17, 15) is 4.79 Å². The number of morpholine rings is 1. The monoisotopic (exact) mass is 550 g/mol. The number of fused-ring (bicyclic) bond motifs is 2. The van der Waals surface area contributed by atoms with E-state index in [0.717, 1.165) is 87.2 Å². The maximum Gasteiger partial charge on any atom is 0.410 e. The van der Waals surface area contributed by atoms with Gasteiger partial charge in [-0.3, -0.25) is 4.90 Å². The van der Waals surface area contributed by atoms with Gasteiger partial charge >= 0.3 is 6.09 Å². The molecule has 1 N–H and O–H groups in total.